The molecule has 2 nitrogen and oxygen atoms in total. The molecule has 0 aliphatic carbocycles. The molecule has 0 heterocycles. The van der Waals surface area contributed by atoms with E-state index in [0.717, 1.165) is 25.7 Å². The molecule has 0 saturated carbocycles. The van der Waals surface area contributed by atoms with Crippen molar-refractivity contribution in [3.8, 4) is 0 Å². The molecule has 1 N–H and O–H groups in total. The summed E-state index contributed by atoms with van der Waals surface area (Å²) in [5, 5.41) is 3.54. The zero-order valence-electron chi connectivity index (χ0n) is 11.7. The lowest BCUT2D eigenvalue weighted by molar-refractivity contribution is 0.117. The highest BCUT2D eigenvalue weighted by atomic mass is 16.5. The van der Waals surface area contributed by atoms with Crippen LogP contribution in [0.15, 0.2) is 0 Å². The minimum atomic E-state index is 0.698. The Balaban J connectivity index is 3.32. The molecule has 0 aromatic rings. The van der Waals surface area contributed by atoms with Gasteiger partial charge in [0.15, 0.2) is 0 Å². The van der Waals surface area contributed by atoms with Crippen molar-refractivity contribution in [2.24, 2.45) is 5.92 Å². The van der Waals surface area contributed by atoms with Crippen molar-refractivity contribution >= 4 is 0 Å². The maximum Gasteiger partial charge on any atom is 0.0468 e. The first-order valence-electron chi connectivity index (χ1n) is 7.01. The van der Waals surface area contributed by atoms with Gasteiger partial charge in [-0.2, -0.15) is 0 Å². The summed E-state index contributed by atoms with van der Waals surface area (Å²) in [7, 11) is 0. The van der Waals surface area contributed by atoms with Crippen molar-refractivity contribution in [2.75, 3.05) is 19.8 Å². The molecule has 1 atom stereocenters. The van der Waals surface area contributed by atoms with Crippen LogP contribution in [0.5, 0.6) is 0 Å². The zero-order chi connectivity index (χ0) is 12.2. The second-order valence-corrected chi connectivity index (χ2v) is 4.98. The molecule has 0 fully saturated rings. The van der Waals surface area contributed by atoms with E-state index in [2.05, 4.69) is 33.0 Å². The first-order chi connectivity index (χ1) is 7.70. The Labute approximate surface area is 102 Å². The Morgan fingerprint density at radius 1 is 1.00 bits per heavy atom. The minimum Gasteiger partial charge on any atom is -0.381 e. The van der Waals surface area contributed by atoms with E-state index in [0.29, 0.717) is 6.04 Å². The SMILES string of the molecule is CCCC(CCCOCCC(C)C)NCC. The monoisotopic (exact) mass is 229 g/mol. The van der Waals surface area contributed by atoms with Crippen molar-refractivity contribution in [3.63, 3.8) is 0 Å². The second kappa shape index (κ2) is 11.4. The Kier molecular flexibility index (Phi) is 11.3. The van der Waals surface area contributed by atoms with Gasteiger partial charge < -0.3 is 10.1 Å². The van der Waals surface area contributed by atoms with Crippen molar-refractivity contribution in [3.05, 3.63) is 0 Å². The average Bonchev–Trinajstić information content (AvgIpc) is 2.23. The summed E-state index contributed by atoms with van der Waals surface area (Å²) < 4.78 is 5.62. The number of nitrogens with one attached hydrogen (secondary N) is 1. The van der Waals surface area contributed by atoms with Gasteiger partial charge in [-0.25, -0.2) is 0 Å². The molecule has 0 aromatic heterocycles. The zero-order valence-corrected chi connectivity index (χ0v) is 11.7. The number of hydrogen-bond acceptors (Lipinski definition) is 2. The molecule has 0 spiro atoms. The fraction of sp³-hybridized carbons (Fsp3) is 1.00. The highest BCUT2D eigenvalue weighted by Gasteiger charge is 2.05. The van der Waals surface area contributed by atoms with Gasteiger partial charge in [0.2, 0.25) is 0 Å². The standard InChI is InChI=1S/C14H31NO/c1-5-8-14(15-6-2)9-7-11-16-12-10-13(3)4/h13-15H,5-12H2,1-4H3. The van der Waals surface area contributed by atoms with Crippen LogP contribution in [-0.2, 0) is 4.74 Å². The molecule has 1 unspecified atom stereocenters. The summed E-state index contributed by atoms with van der Waals surface area (Å²) >= 11 is 0. The van der Waals surface area contributed by atoms with E-state index in [1.54, 1.807) is 0 Å². The van der Waals surface area contributed by atoms with Crippen LogP contribution in [0.3, 0.4) is 0 Å². The highest BCUT2D eigenvalue weighted by Crippen LogP contribution is 2.05. The number of rotatable bonds is 11. The van der Waals surface area contributed by atoms with Crippen molar-refractivity contribution in [1.29, 1.82) is 0 Å². The van der Waals surface area contributed by atoms with Crippen LogP contribution in [0.1, 0.15) is 59.8 Å². The molecule has 0 rings (SSSR count). The van der Waals surface area contributed by atoms with Gasteiger partial charge in [-0.15, -0.1) is 0 Å². The topological polar surface area (TPSA) is 21.3 Å². The van der Waals surface area contributed by atoms with E-state index in [4.69, 9.17) is 4.74 Å². The summed E-state index contributed by atoms with van der Waals surface area (Å²) in [6, 6.07) is 0.698. The van der Waals surface area contributed by atoms with Crippen LogP contribution in [0.4, 0.5) is 0 Å². The quantitative estimate of drug-likeness (QED) is 0.547. The third-order valence-electron chi connectivity index (χ3n) is 2.81. The van der Waals surface area contributed by atoms with Crippen molar-refractivity contribution < 1.29 is 4.74 Å². The summed E-state index contributed by atoms with van der Waals surface area (Å²) in [6.07, 6.45) is 6.19. The normalized spacial score (nSPS) is 13.3. The van der Waals surface area contributed by atoms with Crippen LogP contribution >= 0.6 is 0 Å². The second-order valence-electron chi connectivity index (χ2n) is 4.98. The third-order valence-corrected chi connectivity index (χ3v) is 2.81. The van der Waals surface area contributed by atoms with Crippen LogP contribution in [0, 0.1) is 5.92 Å². The molecule has 0 aromatic carbocycles. The van der Waals surface area contributed by atoms with Gasteiger partial charge >= 0.3 is 0 Å². The van der Waals surface area contributed by atoms with Gasteiger partial charge in [0.1, 0.15) is 0 Å². The molecule has 0 aliphatic heterocycles. The van der Waals surface area contributed by atoms with Crippen LogP contribution in [0.2, 0.25) is 0 Å². The maximum atomic E-state index is 5.62. The Morgan fingerprint density at radius 3 is 2.31 bits per heavy atom. The van der Waals surface area contributed by atoms with E-state index in [9.17, 15) is 0 Å². The fourth-order valence-electron chi connectivity index (χ4n) is 1.84. The van der Waals surface area contributed by atoms with Crippen LogP contribution < -0.4 is 5.32 Å². The smallest absolute Gasteiger partial charge is 0.0468 e. The van der Waals surface area contributed by atoms with Crippen LogP contribution in [0.25, 0.3) is 0 Å². The molecule has 0 radical (unpaired) electrons. The fourth-order valence-corrected chi connectivity index (χ4v) is 1.84. The minimum absolute atomic E-state index is 0.698. The van der Waals surface area contributed by atoms with Gasteiger partial charge in [-0.3, -0.25) is 0 Å². The summed E-state index contributed by atoms with van der Waals surface area (Å²) in [5.41, 5.74) is 0. The van der Waals surface area contributed by atoms with E-state index < -0.39 is 0 Å². The lowest BCUT2D eigenvalue weighted by atomic mass is 10.1. The predicted molar refractivity (Wildman–Crippen MR) is 71.9 cm³/mol. The molecule has 2 heteroatoms. The van der Waals surface area contributed by atoms with E-state index in [1.807, 2.05) is 0 Å². The van der Waals surface area contributed by atoms with Gasteiger partial charge in [0.25, 0.3) is 0 Å². The van der Waals surface area contributed by atoms with Gasteiger partial charge in [0, 0.05) is 19.3 Å². The molecule has 0 amide bonds. The van der Waals surface area contributed by atoms with Gasteiger partial charge in [-0.1, -0.05) is 34.1 Å². The van der Waals surface area contributed by atoms with E-state index in [1.165, 1.54) is 32.1 Å². The molecule has 16 heavy (non-hydrogen) atoms. The van der Waals surface area contributed by atoms with Crippen molar-refractivity contribution in [1.82, 2.24) is 5.32 Å². The third kappa shape index (κ3) is 10.4. The number of hydrogen-bond donors (Lipinski definition) is 1. The molecule has 0 bridgehead atoms. The summed E-state index contributed by atoms with van der Waals surface area (Å²) in [4.78, 5) is 0. The predicted octanol–water partition coefficient (Wildman–Crippen LogP) is 3.61. The molecule has 0 aliphatic rings. The average molecular weight is 229 g/mol. The number of ether oxygens (including phenoxy) is 1. The van der Waals surface area contributed by atoms with E-state index in [-0.39, 0.29) is 0 Å². The molecular weight excluding hydrogens is 198 g/mol. The Hall–Kier alpha value is -0.0800. The first kappa shape index (κ1) is 15.9. The first-order valence-corrected chi connectivity index (χ1v) is 7.01. The Morgan fingerprint density at radius 2 is 1.75 bits per heavy atom. The lowest BCUT2D eigenvalue weighted by Gasteiger charge is -2.16. The maximum absolute atomic E-state index is 5.62. The van der Waals surface area contributed by atoms with Gasteiger partial charge in [-0.05, 0) is 38.1 Å². The highest BCUT2D eigenvalue weighted by molar-refractivity contribution is 4.64. The van der Waals surface area contributed by atoms with Crippen molar-refractivity contribution in [2.45, 2.75) is 65.8 Å². The van der Waals surface area contributed by atoms with Crippen LogP contribution in [-0.4, -0.2) is 25.8 Å². The van der Waals surface area contributed by atoms with E-state index >= 15 is 0 Å². The molecule has 0 saturated heterocycles. The summed E-state index contributed by atoms with van der Waals surface area (Å²) in [5.74, 6) is 0.759. The largest absolute Gasteiger partial charge is 0.381 e. The Bertz CT molecular complexity index is 131. The molecule has 98 valence electrons. The summed E-state index contributed by atoms with van der Waals surface area (Å²) in [6.45, 7) is 11.9. The molecular formula is C14H31NO. The van der Waals surface area contributed by atoms with Gasteiger partial charge in [0.05, 0.1) is 0 Å². The lowest BCUT2D eigenvalue weighted by Crippen LogP contribution is -2.28.